The summed E-state index contributed by atoms with van der Waals surface area (Å²) in [5.74, 6) is 0.0515. The first-order valence-electron chi connectivity index (χ1n) is 7.78. The van der Waals surface area contributed by atoms with E-state index in [0.29, 0.717) is 18.8 Å². The van der Waals surface area contributed by atoms with Crippen molar-refractivity contribution >= 4 is 44.7 Å². The van der Waals surface area contributed by atoms with E-state index < -0.39 is 10.0 Å². The summed E-state index contributed by atoms with van der Waals surface area (Å²) in [6, 6.07) is 6.29. The van der Waals surface area contributed by atoms with Gasteiger partial charge in [0.15, 0.2) is 4.34 Å². The van der Waals surface area contributed by atoms with Crippen molar-refractivity contribution < 1.29 is 13.2 Å². The van der Waals surface area contributed by atoms with Crippen LogP contribution in [0.1, 0.15) is 17.8 Å². The number of sulfonamides is 1. The molecule has 1 fully saturated rings. The average Bonchev–Trinajstić information content (AvgIpc) is 3.25. The van der Waals surface area contributed by atoms with Crippen molar-refractivity contribution in [2.75, 3.05) is 24.2 Å². The topological polar surface area (TPSA) is 92.3 Å². The number of benzene rings is 1. The van der Waals surface area contributed by atoms with Gasteiger partial charge in [0.05, 0.1) is 10.6 Å². The maximum Gasteiger partial charge on any atom is 0.243 e. The number of aryl methyl sites for hydroxylation is 1. The number of amides is 1. The minimum absolute atomic E-state index is 0.173. The SMILES string of the molecule is Cc1nnc(SCC(=O)Nc2ccc(S(=O)(=O)N3CCCC3)cc2)s1. The Morgan fingerprint density at radius 3 is 2.52 bits per heavy atom. The quantitative estimate of drug-likeness (QED) is 0.751. The number of anilines is 1. The van der Waals surface area contributed by atoms with Gasteiger partial charge in [0.2, 0.25) is 15.9 Å². The molecule has 1 N–H and O–H groups in total. The van der Waals surface area contributed by atoms with E-state index in [1.807, 2.05) is 6.92 Å². The summed E-state index contributed by atoms with van der Waals surface area (Å²) in [6.07, 6.45) is 1.80. The number of hydrogen-bond donors (Lipinski definition) is 1. The third-order valence-corrected chi connectivity index (χ3v) is 7.56. The van der Waals surface area contributed by atoms with E-state index in [9.17, 15) is 13.2 Å². The second-order valence-electron chi connectivity index (χ2n) is 5.56. The molecule has 2 heterocycles. The van der Waals surface area contributed by atoms with Gasteiger partial charge in [-0.1, -0.05) is 23.1 Å². The summed E-state index contributed by atoms with van der Waals surface area (Å²) >= 11 is 2.77. The van der Waals surface area contributed by atoms with Crippen LogP contribution in [0.25, 0.3) is 0 Å². The van der Waals surface area contributed by atoms with Gasteiger partial charge in [-0.2, -0.15) is 4.31 Å². The van der Waals surface area contributed by atoms with Gasteiger partial charge >= 0.3 is 0 Å². The number of thioether (sulfide) groups is 1. The predicted molar refractivity (Wildman–Crippen MR) is 98.4 cm³/mol. The van der Waals surface area contributed by atoms with Crippen LogP contribution < -0.4 is 5.32 Å². The fourth-order valence-electron chi connectivity index (χ4n) is 2.45. The molecule has 0 bridgehead atoms. The van der Waals surface area contributed by atoms with Crippen LogP contribution >= 0.6 is 23.1 Å². The maximum absolute atomic E-state index is 12.5. The monoisotopic (exact) mass is 398 g/mol. The van der Waals surface area contributed by atoms with Gasteiger partial charge in [-0.3, -0.25) is 4.79 Å². The lowest BCUT2D eigenvalue weighted by Gasteiger charge is -2.15. The van der Waals surface area contributed by atoms with Gasteiger partial charge in [0, 0.05) is 18.8 Å². The number of aromatic nitrogens is 2. The Morgan fingerprint density at radius 2 is 1.92 bits per heavy atom. The highest BCUT2D eigenvalue weighted by molar-refractivity contribution is 8.01. The van der Waals surface area contributed by atoms with Gasteiger partial charge in [-0.05, 0) is 44.0 Å². The van der Waals surface area contributed by atoms with Gasteiger partial charge in [0.1, 0.15) is 5.01 Å². The summed E-state index contributed by atoms with van der Waals surface area (Å²) in [7, 11) is -3.43. The molecule has 0 spiro atoms. The van der Waals surface area contributed by atoms with Crippen LogP contribution in [0.5, 0.6) is 0 Å². The first kappa shape index (κ1) is 18.3. The van der Waals surface area contributed by atoms with Crippen molar-refractivity contribution in [2.24, 2.45) is 0 Å². The highest BCUT2D eigenvalue weighted by Crippen LogP contribution is 2.23. The fraction of sp³-hybridized carbons (Fsp3) is 0.400. The smallest absolute Gasteiger partial charge is 0.243 e. The van der Waals surface area contributed by atoms with E-state index in [2.05, 4.69) is 15.5 Å². The van der Waals surface area contributed by atoms with Crippen LogP contribution in [0.4, 0.5) is 5.69 Å². The molecule has 1 aromatic carbocycles. The molecule has 3 rings (SSSR count). The van der Waals surface area contributed by atoms with Gasteiger partial charge in [-0.15, -0.1) is 10.2 Å². The molecule has 1 aliphatic heterocycles. The number of carbonyl (C=O) groups is 1. The van der Waals surface area contributed by atoms with Gasteiger partial charge in [0.25, 0.3) is 0 Å². The van der Waals surface area contributed by atoms with E-state index in [4.69, 9.17) is 0 Å². The minimum Gasteiger partial charge on any atom is -0.325 e. The number of carbonyl (C=O) groups excluding carboxylic acids is 1. The molecule has 1 amide bonds. The molecule has 25 heavy (non-hydrogen) atoms. The number of nitrogens with one attached hydrogen (secondary N) is 1. The maximum atomic E-state index is 12.5. The molecule has 2 aromatic rings. The predicted octanol–water partition coefficient (Wildman–Crippen LogP) is 2.36. The van der Waals surface area contributed by atoms with Crippen LogP contribution in [-0.2, 0) is 14.8 Å². The van der Waals surface area contributed by atoms with E-state index >= 15 is 0 Å². The molecule has 7 nitrogen and oxygen atoms in total. The number of nitrogens with zero attached hydrogens (tertiary/aromatic N) is 3. The first-order chi connectivity index (χ1) is 11.9. The lowest BCUT2D eigenvalue weighted by molar-refractivity contribution is -0.113. The molecule has 0 atom stereocenters. The number of rotatable bonds is 6. The average molecular weight is 399 g/mol. The first-order valence-corrected chi connectivity index (χ1v) is 11.0. The molecule has 0 radical (unpaired) electrons. The Morgan fingerprint density at radius 1 is 1.24 bits per heavy atom. The van der Waals surface area contributed by atoms with Gasteiger partial charge < -0.3 is 5.32 Å². The molecule has 1 saturated heterocycles. The van der Waals surface area contributed by atoms with Crippen LogP contribution in [0.15, 0.2) is 33.5 Å². The zero-order valence-corrected chi connectivity index (χ0v) is 16.1. The van der Waals surface area contributed by atoms with E-state index in [1.54, 1.807) is 12.1 Å². The molecule has 134 valence electrons. The molecule has 0 saturated carbocycles. The van der Waals surface area contributed by atoms with E-state index in [-0.39, 0.29) is 16.6 Å². The standard InChI is InChI=1S/C15H18N4O3S3/c1-11-17-18-15(24-11)23-10-14(20)16-12-4-6-13(7-5-12)25(21,22)19-8-2-3-9-19/h4-7H,2-3,8-10H2,1H3,(H,16,20). The lowest BCUT2D eigenvalue weighted by Crippen LogP contribution is -2.27. The summed E-state index contributed by atoms with van der Waals surface area (Å²) in [6.45, 7) is 3.01. The largest absolute Gasteiger partial charge is 0.325 e. The normalized spacial score (nSPS) is 15.4. The highest BCUT2D eigenvalue weighted by atomic mass is 32.2. The van der Waals surface area contributed by atoms with Crippen molar-refractivity contribution in [2.45, 2.75) is 29.0 Å². The van der Waals surface area contributed by atoms with Crippen molar-refractivity contribution in [3.05, 3.63) is 29.3 Å². The zero-order chi connectivity index (χ0) is 17.9. The van der Waals surface area contributed by atoms with E-state index in [1.165, 1.54) is 39.5 Å². The highest BCUT2D eigenvalue weighted by Gasteiger charge is 2.26. The van der Waals surface area contributed by atoms with Crippen molar-refractivity contribution in [1.29, 1.82) is 0 Å². The summed E-state index contributed by atoms with van der Waals surface area (Å²) in [4.78, 5) is 12.2. The molecule has 1 aliphatic rings. The molecule has 1 aromatic heterocycles. The third-order valence-electron chi connectivity index (χ3n) is 3.68. The minimum atomic E-state index is -3.43. The second kappa shape index (κ2) is 7.81. The molecule has 10 heteroatoms. The molecule has 0 unspecified atom stereocenters. The van der Waals surface area contributed by atoms with E-state index in [0.717, 1.165) is 22.2 Å². The zero-order valence-electron chi connectivity index (χ0n) is 13.6. The summed E-state index contributed by atoms with van der Waals surface area (Å²) < 4.78 is 27.2. The molecular formula is C15H18N4O3S3. The van der Waals surface area contributed by atoms with Crippen LogP contribution in [0.2, 0.25) is 0 Å². The third kappa shape index (κ3) is 4.57. The van der Waals surface area contributed by atoms with Crippen molar-refractivity contribution in [1.82, 2.24) is 14.5 Å². The second-order valence-corrected chi connectivity index (χ2v) is 9.90. The van der Waals surface area contributed by atoms with Gasteiger partial charge in [-0.25, -0.2) is 8.42 Å². The Balaban J connectivity index is 1.57. The van der Waals surface area contributed by atoms with Crippen LogP contribution in [0, 0.1) is 6.92 Å². The van der Waals surface area contributed by atoms with Crippen molar-refractivity contribution in [3.8, 4) is 0 Å². The Hall–Kier alpha value is -1.49. The molecular weight excluding hydrogens is 380 g/mol. The van der Waals surface area contributed by atoms with Crippen LogP contribution in [0.3, 0.4) is 0 Å². The Labute approximate surface area is 154 Å². The summed E-state index contributed by atoms with van der Waals surface area (Å²) in [5, 5.41) is 11.5. The Kier molecular flexibility index (Phi) is 5.72. The van der Waals surface area contributed by atoms with Crippen molar-refractivity contribution in [3.63, 3.8) is 0 Å². The molecule has 0 aliphatic carbocycles. The Bertz CT molecular complexity index is 843. The lowest BCUT2D eigenvalue weighted by atomic mass is 10.3. The van der Waals surface area contributed by atoms with Crippen LogP contribution in [-0.4, -0.2) is 47.7 Å². The fourth-order valence-corrected chi connectivity index (χ4v) is 5.58. The summed E-state index contributed by atoms with van der Waals surface area (Å²) in [5.41, 5.74) is 0.569. The number of hydrogen-bond acceptors (Lipinski definition) is 7.